The van der Waals surface area contributed by atoms with E-state index < -0.39 is 23.2 Å². The minimum absolute atomic E-state index is 0.0125. The number of hydrogen-bond acceptors (Lipinski definition) is 2. The first-order valence-corrected chi connectivity index (χ1v) is 8.92. The molecule has 0 saturated heterocycles. The summed E-state index contributed by atoms with van der Waals surface area (Å²) in [5, 5.41) is 10.8. The maximum absolute atomic E-state index is 13.9. The highest BCUT2D eigenvalue weighted by Gasteiger charge is 2.67. The molecule has 0 bridgehead atoms. The van der Waals surface area contributed by atoms with E-state index in [9.17, 15) is 18.3 Å². The third-order valence-corrected chi connectivity index (χ3v) is 5.72. The first-order valence-electron chi connectivity index (χ1n) is 8.92. The fourth-order valence-corrected chi connectivity index (χ4v) is 4.24. The number of halogens is 3. The summed E-state index contributed by atoms with van der Waals surface area (Å²) in [5.74, 6) is -0.467. The van der Waals surface area contributed by atoms with Crippen molar-refractivity contribution in [3.63, 3.8) is 0 Å². The molecule has 0 aliphatic heterocycles. The molecule has 1 aliphatic carbocycles. The summed E-state index contributed by atoms with van der Waals surface area (Å²) in [6.07, 6.45) is -3.85. The van der Waals surface area contributed by atoms with E-state index in [-0.39, 0.29) is 12.8 Å². The van der Waals surface area contributed by atoms with Crippen LogP contribution < -0.4 is 5.73 Å². The van der Waals surface area contributed by atoms with Crippen molar-refractivity contribution in [3.8, 4) is 0 Å². The van der Waals surface area contributed by atoms with E-state index in [1.54, 1.807) is 24.3 Å². The van der Waals surface area contributed by atoms with E-state index in [1.807, 2.05) is 36.4 Å². The summed E-state index contributed by atoms with van der Waals surface area (Å²) in [6.45, 7) is 0. The number of aliphatic hydroxyl groups is 1. The molecule has 3 rings (SSSR count). The second-order valence-electron chi connectivity index (χ2n) is 7.34. The second kappa shape index (κ2) is 7.05. The van der Waals surface area contributed by atoms with Crippen molar-refractivity contribution in [2.45, 2.75) is 49.4 Å². The third kappa shape index (κ3) is 3.38. The van der Waals surface area contributed by atoms with Crippen molar-refractivity contribution in [2.24, 2.45) is 11.7 Å². The molecule has 5 heteroatoms. The minimum Gasteiger partial charge on any atom is -0.379 e. The predicted molar refractivity (Wildman–Crippen MR) is 95.6 cm³/mol. The van der Waals surface area contributed by atoms with Crippen LogP contribution in [0.5, 0.6) is 0 Å². The zero-order valence-electron chi connectivity index (χ0n) is 14.5. The lowest BCUT2D eigenvalue weighted by Gasteiger charge is -2.53. The Kier molecular flexibility index (Phi) is 5.13. The topological polar surface area (TPSA) is 46.2 Å². The van der Waals surface area contributed by atoms with E-state index in [0.717, 1.165) is 5.56 Å². The fourth-order valence-electron chi connectivity index (χ4n) is 4.24. The molecule has 3 unspecified atom stereocenters. The first-order chi connectivity index (χ1) is 12.3. The van der Waals surface area contributed by atoms with Crippen LogP contribution in [0.4, 0.5) is 13.2 Å². The Balaban J connectivity index is 2.01. The normalized spacial score (nSPS) is 29.5. The van der Waals surface area contributed by atoms with Crippen molar-refractivity contribution < 1.29 is 18.3 Å². The van der Waals surface area contributed by atoms with Crippen LogP contribution in [0.15, 0.2) is 60.7 Å². The molecule has 0 heterocycles. The molecule has 2 aromatic carbocycles. The highest BCUT2D eigenvalue weighted by atomic mass is 19.4. The Morgan fingerprint density at radius 3 is 2.04 bits per heavy atom. The van der Waals surface area contributed by atoms with E-state index in [2.05, 4.69) is 0 Å². The van der Waals surface area contributed by atoms with Gasteiger partial charge in [0.05, 0.1) is 5.54 Å². The van der Waals surface area contributed by atoms with Crippen LogP contribution in [0.2, 0.25) is 0 Å². The van der Waals surface area contributed by atoms with E-state index in [0.29, 0.717) is 24.8 Å². The van der Waals surface area contributed by atoms with Crippen LogP contribution in [0.1, 0.15) is 30.4 Å². The highest BCUT2D eigenvalue weighted by molar-refractivity contribution is 5.26. The van der Waals surface area contributed by atoms with Gasteiger partial charge in [0.25, 0.3) is 0 Å². The van der Waals surface area contributed by atoms with Gasteiger partial charge >= 0.3 is 6.18 Å². The maximum atomic E-state index is 13.9. The number of nitrogens with two attached hydrogens (primary N) is 1. The van der Waals surface area contributed by atoms with Crippen molar-refractivity contribution in [2.75, 3.05) is 0 Å². The molecule has 3 atom stereocenters. The SMILES string of the molecule is NC1(Cc2ccccc2)C(Cc2ccccc2)CCCC1(O)C(F)(F)F. The summed E-state index contributed by atoms with van der Waals surface area (Å²) in [7, 11) is 0. The molecule has 1 fully saturated rings. The van der Waals surface area contributed by atoms with Gasteiger partial charge in [0.15, 0.2) is 5.60 Å². The van der Waals surface area contributed by atoms with Crippen LogP contribution in [0.3, 0.4) is 0 Å². The second-order valence-corrected chi connectivity index (χ2v) is 7.34. The molecule has 0 spiro atoms. The van der Waals surface area contributed by atoms with Crippen molar-refractivity contribution in [3.05, 3.63) is 71.8 Å². The standard InChI is InChI=1S/C21H24F3NO/c22-21(23,24)20(26)13-7-12-18(14-16-8-3-1-4-9-16)19(20,25)15-17-10-5-2-6-11-17/h1-6,8-11,18,26H,7,12-15,25H2. The van der Waals surface area contributed by atoms with Gasteiger partial charge in [-0.05, 0) is 49.1 Å². The summed E-state index contributed by atoms with van der Waals surface area (Å²) in [5.41, 5.74) is 3.45. The van der Waals surface area contributed by atoms with Gasteiger partial charge in [0.2, 0.25) is 0 Å². The third-order valence-electron chi connectivity index (χ3n) is 5.72. The molecule has 0 amide bonds. The van der Waals surface area contributed by atoms with Crippen LogP contribution in [-0.4, -0.2) is 22.4 Å². The highest BCUT2D eigenvalue weighted by Crippen LogP contribution is 2.50. The molecule has 140 valence electrons. The number of benzene rings is 2. The van der Waals surface area contributed by atoms with Gasteiger partial charge in [-0.1, -0.05) is 60.7 Å². The van der Waals surface area contributed by atoms with Gasteiger partial charge in [-0.25, -0.2) is 0 Å². The van der Waals surface area contributed by atoms with Gasteiger partial charge in [-0.15, -0.1) is 0 Å². The summed E-state index contributed by atoms with van der Waals surface area (Å²) in [6, 6.07) is 18.3. The average Bonchev–Trinajstić information content (AvgIpc) is 2.60. The maximum Gasteiger partial charge on any atom is 0.419 e. The van der Waals surface area contributed by atoms with Crippen LogP contribution >= 0.6 is 0 Å². The minimum atomic E-state index is -4.77. The van der Waals surface area contributed by atoms with Gasteiger partial charge < -0.3 is 10.8 Å². The Morgan fingerprint density at radius 1 is 0.962 bits per heavy atom. The lowest BCUT2D eigenvalue weighted by atomic mass is 9.59. The summed E-state index contributed by atoms with van der Waals surface area (Å²) in [4.78, 5) is 0. The number of rotatable bonds is 4. The molecule has 3 N–H and O–H groups in total. The zero-order chi connectivity index (χ0) is 18.8. The van der Waals surface area contributed by atoms with Crippen LogP contribution in [0.25, 0.3) is 0 Å². The zero-order valence-corrected chi connectivity index (χ0v) is 14.5. The van der Waals surface area contributed by atoms with Crippen molar-refractivity contribution in [1.29, 1.82) is 0 Å². The van der Waals surface area contributed by atoms with Crippen LogP contribution in [-0.2, 0) is 12.8 Å². The Morgan fingerprint density at radius 2 is 1.50 bits per heavy atom. The molecule has 0 aromatic heterocycles. The smallest absolute Gasteiger partial charge is 0.379 e. The van der Waals surface area contributed by atoms with Gasteiger partial charge in [-0.2, -0.15) is 13.2 Å². The summed E-state index contributed by atoms with van der Waals surface area (Å²) >= 11 is 0. The molecule has 0 radical (unpaired) electrons. The van der Waals surface area contributed by atoms with E-state index in [4.69, 9.17) is 5.73 Å². The van der Waals surface area contributed by atoms with Crippen LogP contribution in [0, 0.1) is 5.92 Å². The largest absolute Gasteiger partial charge is 0.419 e. The van der Waals surface area contributed by atoms with Gasteiger partial charge in [0, 0.05) is 0 Å². The van der Waals surface area contributed by atoms with Crippen molar-refractivity contribution >= 4 is 0 Å². The quantitative estimate of drug-likeness (QED) is 0.852. The van der Waals surface area contributed by atoms with Crippen molar-refractivity contribution in [1.82, 2.24) is 0 Å². The molecule has 26 heavy (non-hydrogen) atoms. The Labute approximate surface area is 151 Å². The number of hydrogen-bond donors (Lipinski definition) is 2. The Bertz CT molecular complexity index is 719. The summed E-state index contributed by atoms with van der Waals surface area (Å²) < 4.78 is 41.7. The molecule has 1 aliphatic rings. The molecular formula is C21H24F3NO. The number of alkyl halides is 3. The van der Waals surface area contributed by atoms with E-state index >= 15 is 0 Å². The first kappa shape index (κ1) is 18.9. The van der Waals surface area contributed by atoms with E-state index in [1.165, 1.54) is 0 Å². The monoisotopic (exact) mass is 363 g/mol. The molecule has 2 aromatic rings. The molecule has 2 nitrogen and oxygen atoms in total. The van der Waals surface area contributed by atoms with Gasteiger partial charge in [-0.3, -0.25) is 0 Å². The lowest BCUT2D eigenvalue weighted by Crippen LogP contribution is -2.73. The van der Waals surface area contributed by atoms with Gasteiger partial charge in [0.1, 0.15) is 0 Å². The fraction of sp³-hybridized carbons (Fsp3) is 0.429. The Hall–Kier alpha value is -1.85. The predicted octanol–water partition coefficient (Wildman–Crippen LogP) is 4.26. The molecule has 1 saturated carbocycles. The lowest BCUT2D eigenvalue weighted by molar-refractivity contribution is -0.300. The molecular weight excluding hydrogens is 339 g/mol. The average molecular weight is 363 g/mol.